The van der Waals surface area contributed by atoms with Crippen LogP contribution in [0.1, 0.15) is 15.9 Å². The highest BCUT2D eigenvalue weighted by atomic mass is 16.5. The molecule has 1 aromatic rings. The maximum Gasteiger partial charge on any atom is 0.181 e. The third kappa shape index (κ3) is 2.65. The Morgan fingerprint density at radius 2 is 2.00 bits per heavy atom. The maximum atomic E-state index is 11.6. The monoisotopic (exact) mass is 193 g/mol. The number of ketones is 1. The molecule has 2 N–H and O–H groups in total. The smallest absolute Gasteiger partial charge is 0.181 e. The quantitative estimate of drug-likeness (QED) is 0.730. The van der Waals surface area contributed by atoms with Crippen LogP contribution in [0.3, 0.4) is 0 Å². The summed E-state index contributed by atoms with van der Waals surface area (Å²) in [5.74, 6) is -0.0770. The fourth-order valence-corrected chi connectivity index (χ4v) is 1.19. The van der Waals surface area contributed by atoms with E-state index in [1.165, 1.54) is 7.11 Å². The van der Waals surface area contributed by atoms with Crippen LogP contribution in [0.15, 0.2) is 24.3 Å². The highest BCUT2D eigenvalue weighted by Gasteiger charge is 2.14. The zero-order valence-electron chi connectivity index (χ0n) is 8.49. The Kier molecular flexibility index (Phi) is 3.80. The van der Waals surface area contributed by atoms with Gasteiger partial charge in [-0.15, -0.1) is 0 Å². The number of ether oxygens (including phenoxy) is 1. The first kappa shape index (κ1) is 10.9. The molecule has 0 aromatic heterocycles. The maximum absolute atomic E-state index is 11.6. The molecule has 0 aliphatic carbocycles. The predicted molar refractivity (Wildman–Crippen MR) is 55.4 cm³/mol. The second kappa shape index (κ2) is 4.88. The molecule has 0 aliphatic rings. The van der Waals surface area contributed by atoms with Gasteiger partial charge < -0.3 is 10.5 Å². The number of hydrogen-bond acceptors (Lipinski definition) is 3. The van der Waals surface area contributed by atoms with E-state index in [0.29, 0.717) is 5.56 Å². The van der Waals surface area contributed by atoms with Crippen LogP contribution < -0.4 is 5.73 Å². The van der Waals surface area contributed by atoms with Crippen LogP contribution in [0.2, 0.25) is 0 Å². The molecular formula is C11H15NO2. The first-order valence-electron chi connectivity index (χ1n) is 4.50. The summed E-state index contributed by atoms with van der Waals surface area (Å²) in [6.07, 6.45) is 0. The summed E-state index contributed by atoms with van der Waals surface area (Å²) in [6.45, 7) is 2.23. The number of rotatable bonds is 4. The van der Waals surface area contributed by atoms with Crippen molar-refractivity contribution in [2.45, 2.75) is 13.0 Å². The largest absolute Gasteiger partial charge is 0.383 e. The van der Waals surface area contributed by atoms with Gasteiger partial charge in [0.25, 0.3) is 0 Å². The molecule has 0 amide bonds. The van der Waals surface area contributed by atoms with Gasteiger partial charge in [0.2, 0.25) is 0 Å². The zero-order valence-corrected chi connectivity index (χ0v) is 8.49. The molecule has 1 aromatic carbocycles. The third-order valence-electron chi connectivity index (χ3n) is 2.02. The van der Waals surface area contributed by atoms with Crippen molar-refractivity contribution in [1.82, 2.24) is 0 Å². The number of methoxy groups -OCH3 is 1. The van der Waals surface area contributed by atoms with Crippen LogP contribution in [-0.4, -0.2) is 25.5 Å². The van der Waals surface area contributed by atoms with Crippen LogP contribution >= 0.6 is 0 Å². The number of nitrogens with two attached hydrogens (primary N) is 1. The van der Waals surface area contributed by atoms with Crippen LogP contribution in [0.25, 0.3) is 0 Å². The Labute approximate surface area is 83.9 Å². The molecule has 3 heteroatoms. The summed E-state index contributed by atoms with van der Waals surface area (Å²) in [5, 5.41) is 0. The molecule has 1 rings (SSSR count). The van der Waals surface area contributed by atoms with Gasteiger partial charge in [0.15, 0.2) is 5.78 Å². The summed E-state index contributed by atoms with van der Waals surface area (Å²) >= 11 is 0. The van der Waals surface area contributed by atoms with Gasteiger partial charge >= 0.3 is 0 Å². The number of hydrogen-bond donors (Lipinski definition) is 1. The highest BCUT2D eigenvalue weighted by Crippen LogP contribution is 2.05. The first-order chi connectivity index (χ1) is 6.65. The van der Waals surface area contributed by atoms with Crippen LogP contribution in [-0.2, 0) is 4.74 Å². The van der Waals surface area contributed by atoms with Crippen LogP contribution in [0.5, 0.6) is 0 Å². The Morgan fingerprint density at radius 3 is 2.50 bits per heavy atom. The molecule has 0 bridgehead atoms. The Balaban J connectivity index is 2.74. The highest BCUT2D eigenvalue weighted by molar-refractivity contribution is 6.00. The molecule has 0 fully saturated rings. The molecule has 76 valence electrons. The Bertz CT molecular complexity index is 306. The van der Waals surface area contributed by atoms with Crippen molar-refractivity contribution in [2.75, 3.05) is 13.7 Å². The number of benzene rings is 1. The van der Waals surface area contributed by atoms with Gasteiger partial charge in [-0.25, -0.2) is 0 Å². The summed E-state index contributed by atoms with van der Waals surface area (Å²) < 4.78 is 4.82. The van der Waals surface area contributed by atoms with Crippen LogP contribution in [0, 0.1) is 6.92 Å². The van der Waals surface area contributed by atoms with Gasteiger partial charge in [0.05, 0.1) is 12.6 Å². The molecule has 0 aliphatic heterocycles. The molecule has 1 atom stereocenters. The summed E-state index contributed by atoms with van der Waals surface area (Å²) in [7, 11) is 1.53. The molecule has 0 saturated heterocycles. The average molecular weight is 193 g/mol. The lowest BCUT2D eigenvalue weighted by Gasteiger charge is -2.09. The van der Waals surface area contributed by atoms with Crippen molar-refractivity contribution in [3.63, 3.8) is 0 Å². The molecular weight excluding hydrogens is 178 g/mol. The zero-order chi connectivity index (χ0) is 10.6. The van der Waals surface area contributed by atoms with E-state index in [2.05, 4.69) is 0 Å². The summed E-state index contributed by atoms with van der Waals surface area (Å²) in [6, 6.07) is 6.79. The van der Waals surface area contributed by atoms with E-state index < -0.39 is 6.04 Å². The lowest BCUT2D eigenvalue weighted by Crippen LogP contribution is -2.34. The molecule has 0 heterocycles. The van der Waals surface area contributed by atoms with Gasteiger partial charge in [0, 0.05) is 12.7 Å². The lowest BCUT2D eigenvalue weighted by molar-refractivity contribution is 0.0892. The topological polar surface area (TPSA) is 52.3 Å². The standard InChI is InChI=1S/C11H15NO2/c1-8-3-5-9(6-4-8)11(13)10(12)7-14-2/h3-6,10H,7,12H2,1-2H3. The van der Waals surface area contributed by atoms with Crippen molar-refractivity contribution < 1.29 is 9.53 Å². The molecule has 14 heavy (non-hydrogen) atoms. The molecule has 1 unspecified atom stereocenters. The van der Waals surface area contributed by atoms with Crippen molar-refractivity contribution in [1.29, 1.82) is 0 Å². The Hall–Kier alpha value is -1.19. The van der Waals surface area contributed by atoms with Gasteiger partial charge in [-0.2, -0.15) is 0 Å². The van der Waals surface area contributed by atoms with Crippen molar-refractivity contribution in [3.8, 4) is 0 Å². The van der Waals surface area contributed by atoms with Gasteiger partial charge in [-0.05, 0) is 6.92 Å². The molecule has 3 nitrogen and oxygen atoms in total. The minimum Gasteiger partial charge on any atom is -0.383 e. The van der Waals surface area contributed by atoms with Crippen molar-refractivity contribution in [3.05, 3.63) is 35.4 Å². The fraction of sp³-hybridized carbons (Fsp3) is 0.364. The summed E-state index contributed by atoms with van der Waals surface area (Å²) in [5.41, 5.74) is 7.39. The third-order valence-corrected chi connectivity index (χ3v) is 2.02. The van der Waals surface area contributed by atoms with E-state index in [9.17, 15) is 4.79 Å². The number of carbonyl (C=O) groups excluding carboxylic acids is 1. The molecule has 0 radical (unpaired) electrons. The van der Waals surface area contributed by atoms with E-state index >= 15 is 0 Å². The van der Waals surface area contributed by atoms with Crippen molar-refractivity contribution >= 4 is 5.78 Å². The second-order valence-electron chi connectivity index (χ2n) is 3.29. The minimum absolute atomic E-state index is 0.0770. The number of Topliss-reactive ketones (excluding diaryl/α,β-unsaturated/α-hetero) is 1. The average Bonchev–Trinajstić information content (AvgIpc) is 2.18. The van der Waals surface area contributed by atoms with E-state index in [0.717, 1.165) is 5.56 Å². The molecule has 0 saturated carbocycles. The number of carbonyl (C=O) groups is 1. The first-order valence-corrected chi connectivity index (χ1v) is 4.50. The van der Waals surface area contributed by atoms with Crippen LogP contribution in [0.4, 0.5) is 0 Å². The Morgan fingerprint density at radius 1 is 1.43 bits per heavy atom. The SMILES string of the molecule is COCC(N)C(=O)c1ccc(C)cc1. The van der Waals surface area contributed by atoms with Crippen molar-refractivity contribution in [2.24, 2.45) is 5.73 Å². The van der Waals surface area contributed by atoms with E-state index in [1.807, 2.05) is 19.1 Å². The predicted octanol–water partition coefficient (Wildman–Crippen LogP) is 1.15. The molecule has 0 spiro atoms. The fourth-order valence-electron chi connectivity index (χ4n) is 1.19. The summed E-state index contributed by atoms with van der Waals surface area (Å²) in [4.78, 5) is 11.6. The van der Waals surface area contributed by atoms with E-state index in [1.54, 1.807) is 12.1 Å². The lowest BCUT2D eigenvalue weighted by atomic mass is 10.0. The van der Waals surface area contributed by atoms with E-state index in [4.69, 9.17) is 10.5 Å². The normalized spacial score (nSPS) is 12.5. The second-order valence-corrected chi connectivity index (χ2v) is 3.29. The van der Waals surface area contributed by atoms with Gasteiger partial charge in [-0.1, -0.05) is 29.8 Å². The van der Waals surface area contributed by atoms with Gasteiger partial charge in [-0.3, -0.25) is 4.79 Å². The number of aryl methyl sites for hydroxylation is 1. The van der Waals surface area contributed by atoms with Gasteiger partial charge in [0.1, 0.15) is 0 Å². The minimum atomic E-state index is -0.567. The van der Waals surface area contributed by atoms with E-state index in [-0.39, 0.29) is 12.4 Å².